The molecule has 8 heteroatoms. The van der Waals surface area contributed by atoms with E-state index in [1.165, 1.54) is 0 Å². The molecule has 2 aromatic rings. The maximum atomic E-state index is 5.28. The monoisotopic (exact) mass is 319 g/mol. The van der Waals surface area contributed by atoms with E-state index >= 15 is 0 Å². The van der Waals surface area contributed by atoms with Gasteiger partial charge in [-0.2, -0.15) is 4.98 Å². The number of aryl methyl sites for hydroxylation is 1. The molecule has 0 aliphatic carbocycles. The predicted octanol–water partition coefficient (Wildman–Crippen LogP) is 1.03. The molecule has 0 amide bonds. The molecule has 23 heavy (non-hydrogen) atoms. The summed E-state index contributed by atoms with van der Waals surface area (Å²) in [5.41, 5.74) is 1.02. The topological polar surface area (TPSA) is 76.1 Å². The number of nitrogens with zero attached hydrogens (tertiary/aromatic N) is 7. The molecule has 0 N–H and O–H groups in total. The molecule has 1 aliphatic rings. The van der Waals surface area contributed by atoms with Gasteiger partial charge in [0.25, 0.3) is 0 Å². The van der Waals surface area contributed by atoms with E-state index in [1.807, 2.05) is 13.2 Å². The summed E-state index contributed by atoms with van der Waals surface area (Å²) in [5, 5.41) is 12.2. The quantitative estimate of drug-likeness (QED) is 0.787. The number of likely N-dealkylation sites (N-methyl/N-ethyl adjacent to an activating group) is 1. The Bertz CT molecular complexity index is 635. The molecule has 1 atom stereocenters. The summed E-state index contributed by atoms with van der Waals surface area (Å²) in [6.07, 6.45) is 3.12. The summed E-state index contributed by atoms with van der Waals surface area (Å²) in [7, 11) is 4.02. The van der Waals surface area contributed by atoms with Crippen molar-refractivity contribution in [3.63, 3.8) is 0 Å². The molecule has 0 bridgehead atoms. The van der Waals surface area contributed by atoms with Crippen LogP contribution in [0.4, 0.5) is 0 Å². The van der Waals surface area contributed by atoms with Gasteiger partial charge in [0.2, 0.25) is 5.89 Å². The van der Waals surface area contributed by atoms with Crippen LogP contribution < -0.4 is 0 Å². The van der Waals surface area contributed by atoms with Crippen molar-refractivity contribution in [1.82, 2.24) is 34.9 Å². The molecule has 1 saturated heterocycles. The zero-order chi connectivity index (χ0) is 16.4. The van der Waals surface area contributed by atoms with E-state index in [-0.39, 0.29) is 5.92 Å². The van der Waals surface area contributed by atoms with Crippen molar-refractivity contribution in [1.29, 1.82) is 0 Å². The van der Waals surface area contributed by atoms with Crippen molar-refractivity contribution >= 4 is 0 Å². The Morgan fingerprint density at radius 3 is 2.91 bits per heavy atom. The van der Waals surface area contributed by atoms with Gasteiger partial charge in [0.1, 0.15) is 0 Å². The van der Waals surface area contributed by atoms with Gasteiger partial charge in [0, 0.05) is 44.8 Å². The molecule has 0 saturated carbocycles. The van der Waals surface area contributed by atoms with Gasteiger partial charge >= 0.3 is 0 Å². The number of hydrogen-bond donors (Lipinski definition) is 0. The first-order valence-corrected chi connectivity index (χ1v) is 8.11. The van der Waals surface area contributed by atoms with Crippen LogP contribution >= 0.6 is 0 Å². The van der Waals surface area contributed by atoms with E-state index in [0.717, 1.165) is 44.1 Å². The third-order valence-electron chi connectivity index (χ3n) is 4.28. The Balaban J connectivity index is 1.51. The minimum atomic E-state index is 0.274. The number of hydrogen-bond acceptors (Lipinski definition) is 7. The van der Waals surface area contributed by atoms with Crippen molar-refractivity contribution < 1.29 is 4.52 Å². The third kappa shape index (κ3) is 3.94. The SMILES string of the molecule is CC(C)c1nc(CN(C)C2CCN(Cc3cn(C)nn3)C2)no1. The smallest absolute Gasteiger partial charge is 0.229 e. The van der Waals surface area contributed by atoms with Gasteiger partial charge < -0.3 is 4.52 Å². The molecule has 0 spiro atoms. The van der Waals surface area contributed by atoms with Crippen LogP contribution in [-0.4, -0.2) is 61.1 Å². The molecule has 1 aliphatic heterocycles. The zero-order valence-corrected chi connectivity index (χ0v) is 14.3. The Labute approximate surface area is 136 Å². The van der Waals surface area contributed by atoms with Gasteiger partial charge in [-0.15, -0.1) is 5.10 Å². The molecule has 0 aromatic carbocycles. The molecule has 0 radical (unpaired) electrons. The Morgan fingerprint density at radius 1 is 1.43 bits per heavy atom. The van der Waals surface area contributed by atoms with Crippen molar-refractivity contribution in [3.8, 4) is 0 Å². The van der Waals surface area contributed by atoms with Gasteiger partial charge in [-0.25, -0.2) is 0 Å². The highest BCUT2D eigenvalue weighted by molar-refractivity contribution is 4.95. The summed E-state index contributed by atoms with van der Waals surface area (Å²) in [4.78, 5) is 9.19. The maximum absolute atomic E-state index is 5.28. The highest BCUT2D eigenvalue weighted by Crippen LogP contribution is 2.18. The van der Waals surface area contributed by atoms with Crippen molar-refractivity contribution in [2.75, 3.05) is 20.1 Å². The van der Waals surface area contributed by atoms with Crippen LogP contribution in [0, 0.1) is 0 Å². The first-order valence-electron chi connectivity index (χ1n) is 8.11. The van der Waals surface area contributed by atoms with E-state index in [4.69, 9.17) is 4.52 Å². The molecular formula is C15H25N7O. The fourth-order valence-corrected chi connectivity index (χ4v) is 2.93. The van der Waals surface area contributed by atoms with Crippen LogP contribution in [0.5, 0.6) is 0 Å². The van der Waals surface area contributed by atoms with Gasteiger partial charge in [-0.1, -0.05) is 24.2 Å². The van der Waals surface area contributed by atoms with Crippen molar-refractivity contribution in [3.05, 3.63) is 23.6 Å². The number of rotatable bonds is 6. The van der Waals surface area contributed by atoms with E-state index in [9.17, 15) is 0 Å². The molecule has 3 heterocycles. The summed E-state index contributed by atoms with van der Waals surface area (Å²) >= 11 is 0. The zero-order valence-electron chi connectivity index (χ0n) is 14.3. The van der Waals surface area contributed by atoms with Crippen LogP contribution in [0.2, 0.25) is 0 Å². The molecule has 2 aromatic heterocycles. The van der Waals surface area contributed by atoms with Crippen LogP contribution in [0.15, 0.2) is 10.7 Å². The van der Waals surface area contributed by atoms with Gasteiger partial charge in [0.15, 0.2) is 5.82 Å². The largest absolute Gasteiger partial charge is 0.339 e. The van der Waals surface area contributed by atoms with E-state index < -0.39 is 0 Å². The summed E-state index contributed by atoms with van der Waals surface area (Å²) in [6, 6.07) is 0.507. The highest BCUT2D eigenvalue weighted by atomic mass is 16.5. The molecule has 126 valence electrons. The molecule has 1 unspecified atom stereocenters. The van der Waals surface area contributed by atoms with Crippen molar-refractivity contribution in [2.24, 2.45) is 7.05 Å². The predicted molar refractivity (Wildman–Crippen MR) is 84.5 cm³/mol. The summed E-state index contributed by atoms with van der Waals surface area (Å²) in [6.45, 7) is 7.81. The van der Waals surface area contributed by atoms with Crippen molar-refractivity contribution in [2.45, 2.75) is 45.3 Å². The van der Waals surface area contributed by atoms with Gasteiger partial charge in [-0.3, -0.25) is 14.5 Å². The summed E-state index contributed by atoms with van der Waals surface area (Å²) in [5.74, 6) is 1.75. The minimum Gasteiger partial charge on any atom is -0.339 e. The first kappa shape index (κ1) is 16.1. The normalized spacial score (nSPS) is 19.3. The second kappa shape index (κ2) is 6.76. The van der Waals surface area contributed by atoms with Crippen LogP contribution in [0.25, 0.3) is 0 Å². The molecule has 3 rings (SSSR count). The lowest BCUT2D eigenvalue weighted by Gasteiger charge is -2.23. The highest BCUT2D eigenvalue weighted by Gasteiger charge is 2.27. The second-order valence-corrected chi connectivity index (χ2v) is 6.68. The lowest BCUT2D eigenvalue weighted by atomic mass is 10.2. The number of aromatic nitrogens is 5. The maximum Gasteiger partial charge on any atom is 0.229 e. The lowest BCUT2D eigenvalue weighted by Crippen LogP contribution is -2.34. The Hall–Kier alpha value is -1.80. The van der Waals surface area contributed by atoms with Crippen LogP contribution in [0.1, 0.15) is 43.6 Å². The van der Waals surface area contributed by atoms with E-state index in [2.05, 4.69) is 51.1 Å². The fourth-order valence-electron chi connectivity index (χ4n) is 2.93. The molecule has 8 nitrogen and oxygen atoms in total. The van der Waals surface area contributed by atoms with E-state index in [1.54, 1.807) is 4.68 Å². The average Bonchev–Trinajstić information content (AvgIpc) is 3.20. The Morgan fingerprint density at radius 2 is 2.26 bits per heavy atom. The number of likely N-dealkylation sites (tertiary alicyclic amines) is 1. The Kier molecular flexibility index (Phi) is 4.72. The van der Waals surface area contributed by atoms with E-state index in [0.29, 0.717) is 11.9 Å². The fraction of sp³-hybridized carbons (Fsp3) is 0.733. The third-order valence-corrected chi connectivity index (χ3v) is 4.28. The first-order chi connectivity index (χ1) is 11.0. The second-order valence-electron chi connectivity index (χ2n) is 6.68. The summed E-state index contributed by atoms with van der Waals surface area (Å²) < 4.78 is 7.02. The standard InChI is InChI=1S/C15H25N7O/c1-11(2)15-16-14(18-23-15)10-20(3)13-5-6-22(9-13)8-12-7-21(4)19-17-12/h7,11,13H,5-6,8-10H2,1-4H3. The van der Waals surface area contributed by atoms with Crippen LogP contribution in [0.3, 0.4) is 0 Å². The van der Waals surface area contributed by atoms with Gasteiger partial charge in [-0.05, 0) is 13.5 Å². The minimum absolute atomic E-state index is 0.274. The van der Waals surface area contributed by atoms with Crippen LogP contribution in [-0.2, 0) is 20.1 Å². The van der Waals surface area contributed by atoms with Gasteiger partial charge in [0.05, 0.1) is 12.2 Å². The molecule has 1 fully saturated rings. The average molecular weight is 319 g/mol. The molecular weight excluding hydrogens is 294 g/mol. The lowest BCUT2D eigenvalue weighted by molar-refractivity contribution is 0.215.